The zero-order chi connectivity index (χ0) is 26.1. The Balaban J connectivity index is 1.63. The fourth-order valence-corrected chi connectivity index (χ4v) is 5.31. The maximum atomic E-state index is 11.3. The third-order valence-electron chi connectivity index (χ3n) is 6.66. The molecule has 3 aromatic heterocycles. The highest BCUT2D eigenvalue weighted by molar-refractivity contribution is 7.80. The van der Waals surface area contributed by atoms with Gasteiger partial charge in [-0.15, -0.1) is 0 Å². The first-order valence-corrected chi connectivity index (χ1v) is 12.2. The maximum absolute atomic E-state index is 11.3. The van der Waals surface area contributed by atoms with E-state index in [0.717, 1.165) is 34.0 Å². The van der Waals surface area contributed by atoms with Gasteiger partial charge in [-0.25, -0.2) is 0 Å². The van der Waals surface area contributed by atoms with E-state index in [4.69, 9.17) is 17.0 Å². The van der Waals surface area contributed by atoms with Crippen LogP contribution in [0.5, 0.6) is 5.75 Å². The molecular formula is C27H26N6O3S. The summed E-state index contributed by atoms with van der Waals surface area (Å²) in [5.41, 5.74) is 5.51. The van der Waals surface area contributed by atoms with Crippen LogP contribution >= 0.6 is 12.2 Å². The Morgan fingerprint density at radius 3 is 2.49 bits per heavy atom. The summed E-state index contributed by atoms with van der Waals surface area (Å²) in [5, 5.41) is 15.4. The minimum absolute atomic E-state index is 0.0228. The second-order valence-corrected chi connectivity index (χ2v) is 9.24. The highest BCUT2D eigenvalue weighted by Crippen LogP contribution is 2.43. The average molecular weight is 515 g/mol. The van der Waals surface area contributed by atoms with E-state index in [1.165, 1.54) is 19.2 Å². The number of nitro groups is 1. The van der Waals surface area contributed by atoms with Gasteiger partial charge in [0, 0.05) is 29.8 Å². The zero-order valence-corrected chi connectivity index (χ0v) is 21.5. The minimum atomic E-state index is -0.425. The quantitative estimate of drug-likeness (QED) is 0.210. The predicted octanol–water partition coefficient (Wildman–Crippen LogP) is 4.97. The van der Waals surface area contributed by atoms with Crippen molar-refractivity contribution in [2.24, 2.45) is 0 Å². The van der Waals surface area contributed by atoms with Gasteiger partial charge < -0.3 is 19.5 Å². The van der Waals surface area contributed by atoms with Crippen LogP contribution in [0, 0.1) is 24.0 Å². The van der Waals surface area contributed by atoms with Crippen LogP contribution in [0.3, 0.4) is 0 Å². The van der Waals surface area contributed by atoms with Crippen LogP contribution < -0.4 is 10.1 Å². The lowest BCUT2D eigenvalue weighted by Gasteiger charge is -2.28. The Hall–Kier alpha value is -4.31. The van der Waals surface area contributed by atoms with Crippen LogP contribution in [0.25, 0.3) is 5.69 Å². The third-order valence-corrected chi connectivity index (χ3v) is 7.01. The van der Waals surface area contributed by atoms with Gasteiger partial charge in [-0.2, -0.15) is 0 Å². The van der Waals surface area contributed by atoms with E-state index >= 15 is 0 Å². The molecule has 2 atom stereocenters. The van der Waals surface area contributed by atoms with Gasteiger partial charge in [0.2, 0.25) is 0 Å². The van der Waals surface area contributed by atoms with E-state index in [1.807, 2.05) is 50.2 Å². The SMILES string of the molecule is COc1cc([N+](=O)[O-])ccc1-n1c(C)cc([C@H]2[C@H](c3ccccn3)NC(=S)N2Cc2ccccn2)c1C. The molecule has 5 rings (SSSR count). The number of aryl methyl sites for hydroxylation is 1. The van der Waals surface area contributed by atoms with Crippen LogP contribution in [0.4, 0.5) is 5.69 Å². The lowest BCUT2D eigenvalue weighted by atomic mass is 9.96. The van der Waals surface area contributed by atoms with Crippen molar-refractivity contribution in [3.8, 4) is 11.4 Å². The summed E-state index contributed by atoms with van der Waals surface area (Å²) in [7, 11) is 1.52. The van der Waals surface area contributed by atoms with Crippen molar-refractivity contribution in [2.75, 3.05) is 7.11 Å². The largest absolute Gasteiger partial charge is 0.494 e. The maximum Gasteiger partial charge on any atom is 0.273 e. The molecule has 4 heterocycles. The molecule has 37 heavy (non-hydrogen) atoms. The fraction of sp³-hybridized carbons (Fsp3) is 0.222. The number of nitrogens with zero attached hydrogens (tertiary/aromatic N) is 5. The molecule has 0 amide bonds. The van der Waals surface area contributed by atoms with E-state index in [2.05, 4.69) is 30.8 Å². The first-order chi connectivity index (χ1) is 17.9. The minimum Gasteiger partial charge on any atom is -0.494 e. The normalized spacial score (nSPS) is 17.1. The van der Waals surface area contributed by atoms with Crippen LogP contribution in [-0.2, 0) is 6.54 Å². The van der Waals surface area contributed by atoms with Gasteiger partial charge in [0.25, 0.3) is 5.69 Å². The summed E-state index contributed by atoms with van der Waals surface area (Å²) in [4.78, 5) is 22.2. The molecule has 1 aliphatic rings. The van der Waals surface area contributed by atoms with Gasteiger partial charge in [0.1, 0.15) is 5.75 Å². The number of rotatable bonds is 7. The molecule has 1 aliphatic heterocycles. The molecule has 0 bridgehead atoms. The molecule has 1 N–H and O–H groups in total. The van der Waals surface area contributed by atoms with Gasteiger partial charge in [0.15, 0.2) is 5.11 Å². The number of thiocarbonyl (C=S) groups is 1. The van der Waals surface area contributed by atoms with Crippen molar-refractivity contribution in [3.63, 3.8) is 0 Å². The Labute approximate surface area is 219 Å². The van der Waals surface area contributed by atoms with E-state index in [1.54, 1.807) is 18.5 Å². The van der Waals surface area contributed by atoms with E-state index in [9.17, 15) is 10.1 Å². The van der Waals surface area contributed by atoms with Crippen molar-refractivity contribution in [1.82, 2.24) is 24.8 Å². The first-order valence-electron chi connectivity index (χ1n) is 11.8. The van der Waals surface area contributed by atoms with Gasteiger partial charge >= 0.3 is 0 Å². The molecule has 0 unspecified atom stereocenters. The van der Waals surface area contributed by atoms with Crippen LogP contribution in [0.15, 0.2) is 73.1 Å². The number of hydrogen-bond donors (Lipinski definition) is 1. The number of nitrogens with one attached hydrogen (secondary N) is 1. The van der Waals surface area contributed by atoms with E-state index in [-0.39, 0.29) is 17.8 Å². The molecule has 0 radical (unpaired) electrons. The summed E-state index contributed by atoms with van der Waals surface area (Å²) >= 11 is 5.82. The van der Waals surface area contributed by atoms with Crippen molar-refractivity contribution in [1.29, 1.82) is 0 Å². The first kappa shape index (κ1) is 24.4. The summed E-state index contributed by atoms with van der Waals surface area (Å²) in [6.07, 6.45) is 3.56. The van der Waals surface area contributed by atoms with E-state index in [0.29, 0.717) is 17.4 Å². The van der Waals surface area contributed by atoms with Crippen molar-refractivity contribution < 1.29 is 9.66 Å². The van der Waals surface area contributed by atoms with Gasteiger partial charge in [-0.3, -0.25) is 20.1 Å². The number of ether oxygens (including phenoxy) is 1. The predicted molar refractivity (Wildman–Crippen MR) is 144 cm³/mol. The molecule has 4 aromatic rings. The van der Waals surface area contributed by atoms with Crippen molar-refractivity contribution in [2.45, 2.75) is 32.5 Å². The van der Waals surface area contributed by atoms with Gasteiger partial charge in [0.05, 0.1) is 53.8 Å². The third kappa shape index (κ3) is 4.51. The summed E-state index contributed by atoms with van der Waals surface area (Å²) in [6, 6.07) is 18.2. The Morgan fingerprint density at radius 1 is 1.08 bits per heavy atom. The monoisotopic (exact) mass is 514 g/mol. The lowest BCUT2D eigenvalue weighted by Crippen LogP contribution is -2.29. The second kappa shape index (κ2) is 9.98. The number of pyridine rings is 2. The molecule has 0 spiro atoms. The number of methoxy groups -OCH3 is 1. The number of non-ortho nitro benzene ring substituents is 1. The Morgan fingerprint density at radius 2 is 1.84 bits per heavy atom. The van der Waals surface area contributed by atoms with Gasteiger partial charge in [-0.1, -0.05) is 12.1 Å². The lowest BCUT2D eigenvalue weighted by molar-refractivity contribution is -0.384. The summed E-state index contributed by atoms with van der Waals surface area (Å²) in [5.74, 6) is 0.425. The fourth-order valence-electron chi connectivity index (χ4n) is 5.00. The summed E-state index contributed by atoms with van der Waals surface area (Å²) in [6.45, 7) is 4.58. The zero-order valence-electron chi connectivity index (χ0n) is 20.7. The molecule has 0 saturated carbocycles. The number of aromatic nitrogens is 3. The van der Waals surface area contributed by atoms with Crippen LogP contribution in [-0.4, -0.2) is 36.6 Å². The van der Waals surface area contributed by atoms with Crippen LogP contribution in [0.1, 0.15) is 40.4 Å². The highest BCUT2D eigenvalue weighted by atomic mass is 32.1. The van der Waals surface area contributed by atoms with E-state index < -0.39 is 4.92 Å². The highest BCUT2D eigenvalue weighted by Gasteiger charge is 2.41. The summed E-state index contributed by atoms with van der Waals surface area (Å²) < 4.78 is 7.62. The number of benzene rings is 1. The second-order valence-electron chi connectivity index (χ2n) is 8.85. The number of hydrogen-bond acceptors (Lipinski definition) is 6. The molecule has 188 valence electrons. The molecular weight excluding hydrogens is 488 g/mol. The number of nitro benzene ring substituents is 1. The van der Waals surface area contributed by atoms with Crippen molar-refractivity contribution >= 4 is 23.0 Å². The molecule has 9 nitrogen and oxygen atoms in total. The standard InChI is InChI=1S/C27H26N6O3S/c1-17-14-21(18(2)32(17)23-11-10-20(33(34)35)15-24(23)36-3)26-25(22-9-5-7-13-29-22)30-27(37)31(26)16-19-8-4-6-12-28-19/h4-15,25-26H,16H2,1-3H3,(H,30,37)/t25-,26-/m0/s1. The van der Waals surface area contributed by atoms with Crippen molar-refractivity contribution in [3.05, 3.63) is 112 Å². The molecule has 0 aliphatic carbocycles. The topological polar surface area (TPSA) is 98.3 Å². The Kier molecular flexibility index (Phi) is 6.58. The average Bonchev–Trinajstić information content (AvgIpc) is 3.39. The molecule has 10 heteroatoms. The van der Waals surface area contributed by atoms with Gasteiger partial charge in [-0.05, 0) is 68.0 Å². The Bertz CT molecular complexity index is 1460. The molecule has 1 saturated heterocycles. The molecule has 1 aromatic carbocycles. The molecule has 1 fully saturated rings. The smallest absolute Gasteiger partial charge is 0.273 e. The van der Waals surface area contributed by atoms with Crippen LogP contribution in [0.2, 0.25) is 0 Å².